The number of amides is 1. The van der Waals surface area contributed by atoms with Crippen LogP contribution in [0.25, 0.3) is 11.1 Å². The molecule has 8 heteroatoms. The zero-order chi connectivity index (χ0) is 16.6. The van der Waals surface area contributed by atoms with Crippen LogP contribution in [-0.2, 0) is 0 Å². The second kappa shape index (κ2) is 5.41. The summed E-state index contributed by atoms with van der Waals surface area (Å²) in [7, 11) is 0. The molecule has 0 bridgehead atoms. The fourth-order valence-corrected chi connectivity index (χ4v) is 2.24. The minimum atomic E-state index is -0.574. The number of aromatic amines is 1. The van der Waals surface area contributed by atoms with Gasteiger partial charge in [-0.2, -0.15) is 0 Å². The summed E-state index contributed by atoms with van der Waals surface area (Å²) in [6.45, 7) is 1.62. The van der Waals surface area contributed by atoms with Gasteiger partial charge in [0, 0.05) is 23.4 Å². The van der Waals surface area contributed by atoms with Crippen LogP contribution in [0.4, 0.5) is 11.4 Å². The number of anilines is 1. The topological polar surface area (TPSA) is 118 Å². The lowest BCUT2D eigenvalue weighted by Gasteiger charge is -2.07. The Kier molecular flexibility index (Phi) is 3.41. The van der Waals surface area contributed by atoms with Gasteiger partial charge in [0.1, 0.15) is 0 Å². The predicted octanol–water partition coefficient (Wildman–Crippen LogP) is 2.59. The van der Waals surface area contributed by atoms with E-state index in [-0.39, 0.29) is 5.69 Å². The molecule has 3 aromatic rings. The second-order valence-corrected chi connectivity index (χ2v) is 4.94. The number of oxazole rings is 1. The van der Waals surface area contributed by atoms with Gasteiger partial charge in [-0.1, -0.05) is 0 Å². The molecule has 2 N–H and O–H groups in total. The van der Waals surface area contributed by atoms with Crippen LogP contribution in [0, 0.1) is 17.0 Å². The van der Waals surface area contributed by atoms with E-state index in [0.717, 1.165) is 0 Å². The zero-order valence-electron chi connectivity index (χ0n) is 12.0. The number of benzene rings is 2. The van der Waals surface area contributed by atoms with Crippen LogP contribution in [-0.4, -0.2) is 15.8 Å². The summed E-state index contributed by atoms with van der Waals surface area (Å²) in [6, 6.07) is 8.74. The number of nitrogens with one attached hydrogen (secondary N) is 2. The number of rotatable bonds is 3. The number of hydrogen-bond acceptors (Lipinski definition) is 5. The number of aromatic nitrogens is 1. The van der Waals surface area contributed by atoms with E-state index in [2.05, 4.69) is 10.3 Å². The molecule has 0 saturated heterocycles. The molecule has 0 aliphatic carbocycles. The van der Waals surface area contributed by atoms with Crippen molar-refractivity contribution in [1.29, 1.82) is 0 Å². The Morgan fingerprint density at radius 1 is 1.26 bits per heavy atom. The maximum Gasteiger partial charge on any atom is 0.417 e. The molecule has 2 aromatic carbocycles. The quantitative estimate of drug-likeness (QED) is 0.569. The Hall–Kier alpha value is -3.42. The molecular weight excluding hydrogens is 302 g/mol. The number of carbonyl (C=O) groups is 1. The van der Waals surface area contributed by atoms with Crippen molar-refractivity contribution in [2.24, 2.45) is 0 Å². The molecular formula is C15H11N3O5. The van der Waals surface area contributed by atoms with Gasteiger partial charge in [0.2, 0.25) is 0 Å². The first-order valence-corrected chi connectivity index (χ1v) is 6.63. The molecule has 1 aromatic heterocycles. The maximum absolute atomic E-state index is 12.3. The molecule has 1 amide bonds. The highest BCUT2D eigenvalue weighted by molar-refractivity contribution is 6.06. The van der Waals surface area contributed by atoms with Gasteiger partial charge in [-0.25, -0.2) is 4.79 Å². The van der Waals surface area contributed by atoms with E-state index in [1.54, 1.807) is 25.1 Å². The minimum Gasteiger partial charge on any atom is -0.408 e. The first-order chi connectivity index (χ1) is 10.9. The van der Waals surface area contributed by atoms with Gasteiger partial charge in [-0.15, -0.1) is 0 Å². The summed E-state index contributed by atoms with van der Waals surface area (Å²) in [5.74, 6) is -0.975. The Morgan fingerprint density at radius 2 is 2.04 bits per heavy atom. The molecule has 0 unspecified atom stereocenters. The van der Waals surface area contributed by atoms with E-state index in [0.29, 0.717) is 27.9 Å². The van der Waals surface area contributed by atoms with Crippen molar-refractivity contribution in [3.63, 3.8) is 0 Å². The van der Waals surface area contributed by atoms with Crippen LogP contribution in [0.5, 0.6) is 0 Å². The van der Waals surface area contributed by atoms with Crippen molar-refractivity contribution in [1.82, 2.24) is 4.98 Å². The lowest BCUT2D eigenvalue weighted by molar-refractivity contribution is -0.384. The molecule has 0 spiro atoms. The molecule has 8 nitrogen and oxygen atoms in total. The fourth-order valence-electron chi connectivity index (χ4n) is 2.24. The molecule has 0 saturated carbocycles. The van der Waals surface area contributed by atoms with Gasteiger partial charge in [-0.3, -0.25) is 19.9 Å². The van der Waals surface area contributed by atoms with Crippen molar-refractivity contribution < 1.29 is 14.1 Å². The van der Waals surface area contributed by atoms with Gasteiger partial charge in [0.25, 0.3) is 11.6 Å². The Bertz CT molecular complexity index is 986. The number of non-ortho nitro benzene ring substituents is 1. The van der Waals surface area contributed by atoms with E-state index >= 15 is 0 Å². The third-order valence-electron chi connectivity index (χ3n) is 3.34. The number of aryl methyl sites for hydroxylation is 1. The summed E-state index contributed by atoms with van der Waals surface area (Å²) < 4.78 is 4.88. The van der Waals surface area contributed by atoms with Gasteiger partial charge in [-0.05, 0) is 36.8 Å². The van der Waals surface area contributed by atoms with Crippen LogP contribution in [0.3, 0.4) is 0 Å². The van der Waals surface area contributed by atoms with E-state index in [9.17, 15) is 19.7 Å². The van der Waals surface area contributed by atoms with E-state index in [4.69, 9.17) is 4.42 Å². The Balaban J connectivity index is 1.88. The van der Waals surface area contributed by atoms with Crippen LogP contribution in [0.2, 0.25) is 0 Å². The molecule has 116 valence electrons. The minimum absolute atomic E-state index is 0.0727. The molecule has 1 heterocycles. The Labute approximate surface area is 128 Å². The average molecular weight is 313 g/mol. The molecule has 0 radical (unpaired) electrons. The monoisotopic (exact) mass is 313 g/mol. The highest BCUT2D eigenvalue weighted by atomic mass is 16.6. The summed E-state index contributed by atoms with van der Waals surface area (Å²) in [5, 5.41) is 13.4. The maximum atomic E-state index is 12.3. The van der Waals surface area contributed by atoms with Gasteiger partial charge >= 0.3 is 5.76 Å². The van der Waals surface area contributed by atoms with Crippen LogP contribution in [0.1, 0.15) is 15.9 Å². The van der Waals surface area contributed by atoms with Crippen molar-refractivity contribution in [2.75, 3.05) is 5.32 Å². The van der Waals surface area contributed by atoms with E-state index in [1.165, 1.54) is 18.2 Å². The zero-order valence-corrected chi connectivity index (χ0v) is 12.0. The number of hydrogen-bond donors (Lipinski definition) is 2. The molecule has 0 atom stereocenters. The molecule has 3 rings (SSSR count). The van der Waals surface area contributed by atoms with E-state index in [1.807, 2.05) is 0 Å². The molecule has 0 aliphatic rings. The third-order valence-corrected chi connectivity index (χ3v) is 3.34. The number of carbonyl (C=O) groups excluding carboxylic acids is 1. The fraction of sp³-hybridized carbons (Fsp3) is 0.0667. The van der Waals surface area contributed by atoms with E-state index < -0.39 is 16.6 Å². The van der Waals surface area contributed by atoms with Gasteiger partial charge in [0.05, 0.1) is 10.4 Å². The number of nitro benzene ring substituents is 1. The van der Waals surface area contributed by atoms with Crippen LogP contribution >= 0.6 is 0 Å². The number of H-pyrrole nitrogens is 1. The first-order valence-electron chi connectivity index (χ1n) is 6.63. The first kappa shape index (κ1) is 14.5. The predicted molar refractivity (Wildman–Crippen MR) is 82.6 cm³/mol. The molecule has 23 heavy (non-hydrogen) atoms. The molecule has 0 aliphatic heterocycles. The van der Waals surface area contributed by atoms with Crippen LogP contribution in [0.15, 0.2) is 45.6 Å². The highest BCUT2D eigenvalue weighted by Crippen LogP contribution is 2.20. The highest BCUT2D eigenvalue weighted by Gasteiger charge is 2.14. The normalized spacial score (nSPS) is 10.7. The summed E-state index contributed by atoms with van der Waals surface area (Å²) in [5.41, 5.74) is 2.08. The summed E-state index contributed by atoms with van der Waals surface area (Å²) >= 11 is 0. The second-order valence-electron chi connectivity index (χ2n) is 4.94. The molecule has 0 fully saturated rings. The summed E-state index contributed by atoms with van der Waals surface area (Å²) in [4.78, 5) is 36.1. The van der Waals surface area contributed by atoms with Gasteiger partial charge in [0.15, 0.2) is 5.58 Å². The van der Waals surface area contributed by atoms with Gasteiger partial charge < -0.3 is 9.73 Å². The lowest BCUT2D eigenvalue weighted by atomic mass is 10.1. The number of nitro groups is 1. The largest absolute Gasteiger partial charge is 0.417 e. The van der Waals surface area contributed by atoms with Crippen molar-refractivity contribution in [2.45, 2.75) is 6.92 Å². The van der Waals surface area contributed by atoms with Crippen LogP contribution < -0.4 is 11.1 Å². The Morgan fingerprint density at radius 3 is 2.74 bits per heavy atom. The average Bonchev–Trinajstić information content (AvgIpc) is 2.86. The smallest absolute Gasteiger partial charge is 0.408 e. The van der Waals surface area contributed by atoms with Crippen molar-refractivity contribution >= 4 is 28.4 Å². The van der Waals surface area contributed by atoms with Crippen molar-refractivity contribution in [3.05, 3.63) is 68.2 Å². The lowest BCUT2D eigenvalue weighted by Crippen LogP contribution is -2.13. The van der Waals surface area contributed by atoms with Crippen molar-refractivity contribution in [3.8, 4) is 0 Å². The third kappa shape index (κ3) is 2.82. The summed E-state index contributed by atoms with van der Waals surface area (Å²) in [6.07, 6.45) is 0. The standard InChI is InChI=1S/C15H11N3O5/c1-8-6-10(18(21)22)3-4-11(8)14(19)16-9-2-5-13-12(7-9)17-15(20)23-13/h2-7H,1H3,(H,16,19)(H,17,20). The number of fused-ring (bicyclic) bond motifs is 1. The SMILES string of the molecule is Cc1cc([N+](=O)[O-])ccc1C(=O)Nc1ccc2oc(=O)[nH]c2c1. The number of nitrogens with zero attached hydrogens (tertiary/aromatic N) is 1.